The van der Waals surface area contributed by atoms with Crippen molar-refractivity contribution in [3.63, 3.8) is 0 Å². The average Bonchev–Trinajstić information content (AvgIpc) is 3.02. The van der Waals surface area contributed by atoms with Crippen LogP contribution >= 0.6 is 0 Å². The van der Waals surface area contributed by atoms with Crippen LogP contribution in [0.1, 0.15) is 59.2 Å². The molecular weight excluding hydrogens is 458 g/mol. The summed E-state index contributed by atoms with van der Waals surface area (Å²) in [7, 11) is 0. The lowest BCUT2D eigenvalue weighted by atomic mass is 10.0. The van der Waals surface area contributed by atoms with Crippen molar-refractivity contribution in [1.29, 1.82) is 0 Å². The summed E-state index contributed by atoms with van der Waals surface area (Å²) in [5, 5.41) is 2.34. The lowest BCUT2D eigenvalue weighted by molar-refractivity contribution is -0.136. The number of nitrogens with zero attached hydrogens (tertiary/aromatic N) is 2. The molecule has 5 aliphatic heterocycles. The molecule has 0 spiro atoms. The molecule has 2 aromatic carbocycles. The Labute approximate surface area is 210 Å². The van der Waals surface area contributed by atoms with Crippen LogP contribution in [0.15, 0.2) is 42.5 Å². The van der Waals surface area contributed by atoms with Gasteiger partial charge in [0.15, 0.2) is 0 Å². The number of rotatable bonds is 6. The fraction of sp³-hybridized carbons (Fsp3) is 0.464. The van der Waals surface area contributed by atoms with Crippen molar-refractivity contribution in [2.45, 2.75) is 70.0 Å². The number of amides is 3. The number of piperidine rings is 1. The molecule has 2 aromatic rings. The minimum absolute atomic E-state index is 0.193. The Morgan fingerprint density at radius 2 is 1.83 bits per heavy atom. The smallest absolute Gasteiger partial charge is 0.255 e. The number of hydrogen-bond acceptors (Lipinski definition) is 6. The monoisotopic (exact) mass is 489 g/mol. The van der Waals surface area contributed by atoms with Gasteiger partial charge in [0.2, 0.25) is 11.8 Å². The van der Waals surface area contributed by atoms with Crippen molar-refractivity contribution in [3.8, 4) is 5.75 Å². The molecular formula is C28H31N3O5. The van der Waals surface area contributed by atoms with Crippen molar-refractivity contribution in [2.24, 2.45) is 0 Å². The van der Waals surface area contributed by atoms with E-state index in [2.05, 4.69) is 34.5 Å². The molecule has 5 heterocycles. The second-order valence-electron chi connectivity index (χ2n) is 10.3. The van der Waals surface area contributed by atoms with Crippen LogP contribution in [0.2, 0.25) is 0 Å². The number of ether oxygens (including phenoxy) is 2. The van der Waals surface area contributed by atoms with Crippen LogP contribution in [-0.2, 0) is 34.0 Å². The van der Waals surface area contributed by atoms with Gasteiger partial charge >= 0.3 is 0 Å². The maximum Gasteiger partial charge on any atom is 0.255 e. The zero-order valence-electron chi connectivity index (χ0n) is 20.3. The summed E-state index contributed by atoms with van der Waals surface area (Å²) in [6.45, 7) is 3.50. The highest BCUT2D eigenvalue weighted by Gasteiger charge is 2.40. The zero-order valence-corrected chi connectivity index (χ0v) is 20.3. The molecule has 3 amide bonds. The summed E-state index contributed by atoms with van der Waals surface area (Å²) in [5.41, 5.74) is 3.70. The SMILES string of the molecule is O=C1CCC(N2Cc3c(OCc4ccc(CN5CC6CCCC5CO6)cc4)cccc3C2=O)C(=O)N1. The van der Waals surface area contributed by atoms with Crippen molar-refractivity contribution in [2.75, 3.05) is 13.2 Å². The molecule has 3 atom stereocenters. The first-order valence-corrected chi connectivity index (χ1v) is 12.9. The lowest BCUT2D eigenvalue weighted by Gasteiger charge is -2.36. The quantitative estimate of drug-likeness (QED) is 0.628. The Morgan fingerprint density at radius 3 is 2.67 bits per heavy atom. The van der Waals surface area contributed by atoms with Gasteiger partial charge in [0.25, 0.3) is 5.91 Å². The summed E-state index contributed by atoms with van der Waals surface area (Å²) < 4.78 is 12.1. The van der Waals surface area contributed by atoms with E-state index < -0.39 is 11.9 Å². The van der Waals surface area contributed by atoms with Gasteiger partial charge in [-0.2, -0.15) is 0 Å². The minimum atomic E-state index is -0.631. The molecule has 188 valence electrons. The number of benzene rings is 2. The molecule has 3 unspecified atom stereocenters. The predicted molar refractivity (Wildman–Crippen MR) is 131 cm³/mol. The molecule has 4 saturated heterocycles. The van der Waals surface area contributed by atoms with Crippen LogP contribution in [0.5, 0.6) is 5.75 Å². The number of morpholine rings is 1. The number of nitrogens with one attached hydrogen (secondary N) is 1. The normalized spacial score (nSPS) is 26.1. The van der Waals surface area contributed by atoms with Gasteiger partial charge in [-0.05, 0) is 48.9 Å². The maximum atomic E-state index is 13.0. The Morgan fingerprint density at radius 1 is 1.00 bits per heavy atom. The van der Waals surface area contributed by atoms with Crippen LogP contribution in [0, 0.1) is 0 Å². The third-order valence-electron chi connectivity index (χ3n) is 7.88. The molecule has 0 aliphatic carbocycles. The van der Waals surface area contributed by atoms with E-state index in [1.807, 2.05) is 12.1 Å². The van der Waals surface area contributed by atoms with Crippen LogP contribution < -0.4 is 10.1 Å². The second kappa shape index (κ2) is 9.67. The van der Waals surface area contributed by atoms with E-state index in [1.165, 1.54) is 24.8 Å². The van der Waals surface area contributed by atoms with Gasteiger partial charge in [-0.25, -0.2) is 0 Å². The molecule has 5 aliphatic rings. The third-order valence-corrected chi connectivity index (χ3v) is 7.88. The van der Waals surface area contributed by atoms with E-state index in [9.17, 15) is 14.4 Å². The van der Waals surface area contributed by atoms with Gasteiger partial charge in [0.1, 0.15) is 18.4 Å². The van der Waals surface area contributed by atoms with Gasteiger partial charge in [-0.3, -0.25) is 24.6 Å². The van der Waals surface area contributed by atoms with Gasteiger partial charge < -0.3 is 14.4 Å². The molecule has 0 aromatic heterocycles. The first-order valence-electron chi connectivity index (χ1n) is 12.9. The number of imide groups is 1. The predicted octanol–water partition coefficient (Wildman–Crippen LogP) is 2.78. The Hall–Kier alpha value is -3.23. The summed E-state index contributed by atoms with van der Waals surface area (Å²) in [5.74, 6) is -0.235. The van der Waals surface area contributed by atoms with Crippen LogP contribution in [0.25, 0.3) is 0 Å². The molecule has 2 bridgehead atoms. The van der Waals surface area contributed by atoms with Gasteiger partial charge in [-0.15, -0.1) is 0 Å². The summed E-state index contributed by atoms with van der Waals surface area (Å²) in [6.07, 6.45) is 4.60. The lowest BCUT2D eigenvalue weighted by Crippen LogP contribution is -2.52. The van der Waals surface area contributed by atoms with Crippen molar-refractivity contribution in [3.05, 3.63) is 64.7 Å². The third kappa shape index (κ3) is 4.51. The summed E-state index contributed by atoms with van der Waals surface area (Å²) >= 11 is 0. The first kappa shape index (κ1) is 23.2. The Kier molecular flexibility index (Phi) is 6.23. The summed E-state index contributed by atoms with van der Waals surface area (Å²) in [6, 6.07) is 13.9. The molecule has 8 heteroatoms. The van der Waals surface area contributed by atoms with E-state index in [0.29, 0.717) is 43.0 Å². The largest absolute Gasteiger partial charge is 0.489 e. The van der Waals surface area contributed by atoms with Crippen molar-refractivity contribution >= 4 is 17.7 Å². The molecule has 36 heavy (non-hydrogen) atoms. The summed E-state index contributed by atoms with van der Waals surface area (Å²) in [4.78, 5) is 41.0. The fourth-order valence-electron chi connectivity index (χ4n) is 5.86. The van der Waals surface area contributed by atoms with E-state index in [1.54, 1.807) is 11.0 Å². The molecule has 0 saturated carbocycles. The van der Waals surface area contributed by atoms with E-state index >= 15 is 0 Å². The molecule has 8 nitrogen and oxygen atoms in total. The average molecular weight is 490 g/mol. The topological polar surface area (TPSA) is 88.2 Å². The number of carbonyl (C=O) groups is 3. The number of carbonyl (C=O) groups excluding carboxylic acids is 3. The standard InChI is InChI=1S/C28H31N3O5/c32-26-12-11-24(27(33)29-26)31-15-23-22(28(31)34)5-2-6-25(23)36-16-19-9-7-18(8-10-19)13-30-14-21-4-1-3-20(30)17-35-21/h2,5-10,20-21,24H,1,3-4,11-17H2,(H,29,32,33). The van der Waals surface area contributed by atoms with Crippen LogP contribution in [0.3, 0.4) is 0 Å². The molecule has 0 radical (unpaired) electrons. The van der Waals surface area contributed by atoms with E-state index in [0.717, 1.165) is 30.8 Å². The highest BCUT2D eigenvalue weighted by atomic mass is 16.5. The van der Waals surface area contributed by atoms with Crippen molar-refractivity contribution in [1.82, 2.24) is 15.1 Å². The van der Waals surface area contributed by atoms with E-state index in [4.69, 9.17) is 9.47 Å². The molecule has 7 rings (SSSR count). The number of fused-ring (bicyclic) bond motifs is 5. The van der Waals surface area contributed by atoms with E-state index in [-0.39, 0.29) is 18.2 Å². The van der Waals surface area contributed by atoms with Crippen molar-refractivity contribution < 1.29 is 23.9 Å². The highest BCUT2D eigenvalue weighted by molar-refractivity contribution is 6.05. The van der Waals surface area contributed by atoms with Gasteiger partial charge in [0.05, 0.1) is 19.3 Å². The minimum Gasteiger partial charge on any atom is -0.489 e. The maximum absolute atomic E-state index is 13.0. The fourth-order valence-corrected chi connectivity index (χ4v) is 5.86. The highest BCUT2D eigenvalue weighted by Crippen LogP contribution is 2.34. The molecule has 4 fully saturated rings. The first-order chi connectivity index (χ1) is 17.5. The Balaban J connectivity index is 1.09. The Bertz CT molecular complexity index is 1180. The molecule has 1 N–H and O–H groups in total. The number of hydrogen-bond donors (Lipinski definition) is 1. The van der Waals surface area contributed by atoms with Gasteiger partial charge in [-0.1, -0.05) is 30.3 Å². The zero-order chi connectivity index (χ0) is 24.6. The van der Waals surface area contributed by atoms with Crippen LogP contribution in [-0.4, -0.2) is 58.9 Å². The second-order valence-corrected chi connectivity index (χ2v) is 10.3. The van der Waals surface area contributed by atoms with Crippen LogP contribution in [0.4, 0.5) is 0 Å². The van der Waals surface area contributed by atoms with Gasteiger partial charge in [0, 0.05) is 36.7 Å².